The summed E-state index contributed by atoms with van der Waals surface area (Å²) in [6, 6.07) is 15.4. The number of likely N-dealkylation sites (tertiary alicyclic amines) is 2. The van der Waals surface area contributed by atoms with E-state index in [-0.39, 0.29) is 28.5 Å². The SMILES string of the molecule is COc1cc(-c2cn(C)c(=O)c3cnccc23)cc(OC)c1CN1CC2CC1CN2Cc1cccc2c1CCN(C(=O)/C(C#N)=C/C(C)(C)C)C2C. The number of aromatic nitrogens is 2. The van der Waals surface area contributed by atoms with Gasteiger partial charge in [-0.1, -0.05) is 45.0 Å². The highest BCUT2D eigenvalue weighted by atomic mass is 16.5. The van der Waals surface area contributed by atoms with Gasteiger partial charge in [-0.15, -0.1) is 0 Å². The predicted octanol–water partition coefficient (Wildman–Crippen LogP) is 6.02. The summed E-state index contributed by atoms with van der Waals surface area (Å²) in [5, 5.41) is 11.2. The van der Waals surface area contributed by atoms with Gasteiger partial charge in [0.15, 0.2) is 0 Å². The standard InChI is InChI=1S/C42H48N6O4/c1-26-32-10-8-9-27(33(32)12-14-48(26)40(49)29(19-43)18-42(2,3)4)21-46-22-31-17-30(46)23-47(31)25-37-38(51-6)15-28(16-39(37)52-7)36-24-45(5)41(50)35-20-44-13-11-34(35)36/h8-11,13,15-16,18,20,24,26,30-31H,12,14,17,21-23,25H2,1-7H3/b29-18+. The van der Waals surface area contributed by atoms with Gasteiger partial charge in [-0.25, -0.2) is 0 Å². The van der Waals surface area contributed by atoms with Crippen molar-refractivity contribution in [3.05, 3.63) is 99.2 Å². The highest BCUT2D eigenvalue weighted by molar-refractivity contribution is 5.98. The Kier molecular flexibility index (Phi) is 9.45. The van der Waals surface area contributed by atoms with Gasteiger partial charge in [0.1, 0.15) is 23.1 Å². The number of amides is 1. The number of piperazine rings is 1. The number of allylic oxidation sites excluding steroid dienone is 1. The van der Waals surface area contributed by atoms with Crippen LogP contribution in [0.5, 0.6) is 11.5 Å². The minimum atomic E-state index is -0.252. The normalized spacial score (nSPS) is 20.6. The van der Waals surface area contributed by atoms with Crippen LogP contribution in [0.25, 0.3) is 21.9 Å². The number of pyridine rings is 2. The number of nitriles is 1. The molecule has 10 heteroatoms. The summed E-state index contributed by atoms with van der Waals surface area (Å²) in [5.41, 5.74) is 6.59. The van der Waals surface area contributed by atoms with Gasteiger partial charge >= 0.3 is 0 Å². The number of carbonyl (C=O) groups excluding carboxylic acids is 1. The summed E-state index contributed by atoms with van der Waals surface area (Å²) in [5.74, 6) is 1.34. The van der Waals surface area contributed by atoms with E-state index in [9.17, 15) is 14.9 Å². The summed E-state index contributed by atoms with van der Waals surface area (Å²) < 4.78 is 13.6. The van der Waals surface area contributed by atoms with Gasteiger partial charge in [0, 0.05) is 76.0 Å². The van der Waals surface area contributed by atoms with Gasteiger partial charge < -0.3 is 18.9 Å². The van der Waals surface area contributed by atoms with Crippen LogP contribution in [0.1, 0.15) is 62.4 Å². The maximum absolute atomic E-state index is 13.5. The molecule has 0 aliphatic carbocycles. The van der Waals surface area contributed by atoms with Crippen molar-refractivity contribution in [2.75, 3.05) is 33.9 Å². The van der Waals surface area contributed by atoms with Crippen LogP contribution in [0.4, 0.5) is 0 Å². The molecule has 0 radical (unpaired) electrons. The Labute approximate surface area is 305 Å². The highest BCUT2D eigenvalue weighted by Gasteiger charge is 2.44. The van der Waals surface area contributed by atoms with Crippen LogP contribution >= 0.6 is 0 Å². The van der Waals surface area contributed by atoms with Crippen molar-refractivity contribution < 1.29 is 14.3 Å². The molecule has 10 nitrogen and oxygen atoms in total. The van der Waals surface area contributed by atoms with E-state index in [0.717, 1.165) is 72.6 Å². The third-order valence-corrected chi connectivity index (χ3v) is 11.1. The molecule has 0 N–H and O–H groups in total. The minimum Gasteiger partial charge on any atom is -0.496 e. The molecule has 3 unspecified atom stereocenters. The zero-order valence-electron chi connectivity index (χ0n) is 31.3. The number of rotatable bonds is 8. The average Bonchev–Trinajstić information content (AvgIpc) is 3.72. The molecule has 0 saturated carbocycles. The van der Waals surface area contributed by atoms with Crippen molar-refractivity contribution in [2.45, 2.75) is 71.8 Å². The first-order valence-electron chi connectivity index (χ1n) is 18.1. The van der Waals surface area contributed by atoms with Crippen molar-refractivity contribution in [1.29, 1.82) is 5.26 Å². The molecule has 5 heterocycles. The number of fused-ring (bicyclic) bond motifs is 4. The maximum atomic E-state index is 13.5. The topological polar surface area (TPSA) is 104 Å². The van der Waals surface area contributed by atoms with Crippen LogP contribution in [0.15, 0.2) is 71.4 Å². The van der Waals surface area contributed by atoms with E-state index in [1.54, 1.807) is 44.3 Å². The fourth-order valence-electron chi connectivity index (χ4n) is 8.58. The Morgan fingerprint density at radius 3 is 2.37 bits per heavy atom. The molecule has 0 spiro atoms. The molecular formula is C42H48N6O4. The number of ether oxygens (including phenoxy) is 2. The van der Waals surface area contributed by atoms with E-state index < -0.39 is 0 Å². The smallest absolute Gasteiger partial charge is 0.264 e. The van der Waals surface area contributed by atoms with Crippen LogP contribution in [0, 0.1) is 16.7 Å². The van der Waals surface area contributed by atoms with E-state index in [1.165, 1.54) is 16.7 Å². The third-order valence-electron chi connectivity index (χ3n) is 11.1. The molecule has 3 aliphatic heterocycles. The Morgan fingerprint density at radius 1 is 1.04 bits per heavy atom. The Morgan fingerprint density at radius 2 is 1.73 bits per heavy atom. The summed E-state index contributed by atoms with van der Waals surface area (Å²) in [7, 11) is 5.16. The number of nitrogens with zero attached hydrogens (tertiary/aromatic N) is 6. The lowest BCUT2D eigenvalue weighted by molar-refractivity contribution is -0.129. The van der Waals surface area contributed by atoms with Gasteiger partial charge in [-0.3, -0.25) is 24.4 Å². The molecule has 1 amide bonds. The van der Waals surface area contributed by atoms with Gasteiger partial charge in [0.2, 0.25) is 0 Å². The van der Waals surface area contributed by atoms with E-state index in [4.69, 9.17) is 9.47 Å². The fraction of sp³-hybridized carbons (Fsp3) is 0.429. The van der Waals surface area contributed by atoms with E-state index in [2.05, 4.69) is 46.0 Å². The molecule has 2 bridgehead atoms. The average molecular weight is 701 g/mol. The largest absolute Gasteiger partial charge is 0.496 e. The molecule has 2 aromatic heterocycles. The molecular weight excluding hydrogens is 653 g/mol. The summed E-state index contributed by atoms with van der Waals surface area (Å²) in [4.78, 5) is 37.5. The predicted molar refractivity (Wildman–Crippen MR) is 202 cm³/mol. The van der Waals surface area contributed by atoms with Crippen molar-refractivity contribution in [1.82, 2.24) is 24.3 Å². The summed E-state index contributed by atoms with van der Waals surface area (Å²) >= 11 is 0. The lowest BCUT2D eigenvalue weighted by Crippen LogP contribution is -2.46. The van der Waals surface area contributed by atoms with E-state index >= 15 is 0 Å². The van der Waals surface area contributed by atoms with E-state index in [1.807, 2.05) is 50.1 Å². The van der Waals surface area contributed by atoms with Crippen molar-refractivity contribution >= 4 is 16.7 Å². The molecule has 4 aromatic rings. The molecule has 2 aromatic carbocycles. The van der Waals surface area contributed by atoms with E-state index in [0.29, 0.717) is 24.0 Å². The first-order chi connectivity index (χ1) is 24.9. The quantitative estimate of drug-likeness (QED) is 0.163. The number of carbonyl (C=O) groups is 1. The Bertz CT molecular complexity index is 2150. The lowest BCUT2D eigenvalue weighted by atomic mass is 9.88. The third kappa shape index (κ3) is 6.48. The summed E-state index contributed by atoms with van der Waals surface area (Å²) in [6.07, 6.45) is 8.89. The number of hydrogen-bond donors (Lipinski definition) is 0. The zero-order valence-corrected chi connectivity index (χ0v) is 31.3. The molecule has 2 saturated heterocycles. The van der Waals surface area contributed by atoms with Crippen molar-refractivity contribution in [2.24, 2.45) is 12.5 Å². The van der Waals surface area contributed by atoms with Gasteiger partial charge in [-0.05, 0) is 71.0 Å². The van der Waals surface area contributed by atoms with Crippen LogP contribution in [-0.4, -0.2) is 76.1 Å². The van der Waals surface area contributed by atoms with Crippen LogP contribution < -0.4 is 15.0 Å². The van der Waals surface area contributed by atoms with Crippen LogP contribution in [0.2, 0.25) is 0 Å². The molecule has 2 fully saturated rings. The molecule has 52 heavy (non-hydrogen) atoms. The second-order valence-corrected chi connectivity index (χ2v) is 15.6. The second-order valence-electron chi connectivity index (χ2n) is 15.6. The fourth-order valence-corrected chi connectivity index (χ4v) is 8.58. The number of benzene rings is 2. The van der Waals surface area contributed by atoms with Gasteiger partial charge in [0.25, 0.3) is 11.5 Å². The molecule has 3 aliphatic rings. The maximum Gasteiger partial charge on any atom is 0.264 e. The Hall–Kier alpha value is -4.98. The zero-order chi connectivity index (χ0) is 36.9. The Balaban J connectivity index is 1.07. The monoisotopic (exact) mass is 700 g/mol. The molecule has 7 rings (SSSR count). The van der Waals surface area contributed by atoms with Gasteiger partial charge in [-0.2, -0.15) is 5.26 Å². The first kappa shape index (κ1) is 35.4. The lowest BCUT2D eigenvalue weighted by Gasteiger charge is -2.38. The van der Waals surface area contributed by atoms with Gasteiger partial charge in [0.05, 0.1) is 31.2 Å². The highest BCUT2D eigenvalue weighted by Crippen LogP contribution is 2.41. The summed E-state index contributed by atoms with van der Waals surface area (Å²) in [6.45, 7) is 12.3. The second kappa shape index (κ2) is 13.9. The number of methoxy groups -OCH3 is 2. The molecule has 3 atom stereocenters. The van der Waals surface area contributed by atoms with Crippen molar-refractivity contribution in [3.63, 3.8) is 0 Å². The minimum absolute atomic E-state index is 0.0831. The van der Waals surface area contributed by atoms with Crippen LogP contribution in [0.3, 0.4) is 0 Å². The van der Waals surface area contributed by atoms with Crippen molar-refractivity contribution in [3.8, 4) is 28.7 Å². The van der Waals surface area contributed by atoms with Crippen LogP contribution in [-0.2, 0) is 31.4 Å². The molecule has 270 valence electrons. The number of hydrogen-bond acceptors (Lipinski definition) is 8. The number of aryl methyl sites for hydroxylation is 1. The first-order valence-corrected chi connectivity index (χ1v) is 18.1.